The van der Waals surface area contributed by atoms with Gasteiger partial charge in [-0.2, -0.15) is 9.37 Å². The van der Waals surface area contributed by atoms with E-state index < -0.39 is 5.95 Å². The first-order valence-corrected chi connectivity index (χ1v) is 9.58. The van der Waals surface area contributed by atoms with E-state index in [1.165, 1.54) is 16.8 Å². The number of benzene rings is 1. The summed E-state index contributed by atoms with van der Waals surface area (Å²) in [5.74, 6) is -0.765. The summed E-state index contributed by atoms with van der Waals surface area (Å²) in [5.41, 5.74) is 9.24. The first-order valence-electron chi connectivity index (χ1n) is 9.58. The Balaban J connectivity index is 1.50. The van der Waals surface area contributed by atoms with Gasteiger partial charge in [0.2, 0.25) is 11.9 Å². The minimum absolute atomic E-state index is 0.184. The van der Waals surface area contributed by atoms with Crippen molar-refractivity contribution in [2.45, 2.75) is 13.0 Å². The van der Waals surface area contributed by atoms with Crippen LogP contribution >= 0.6 is 0 Å². The van der Waals surface area contributed by atoms with Gasteiger partial charge in [0, 0.05) is 18.0 Å². The van der Waals surface area contributed by atoms with Gasteiger partial charge in [-0.25, -0.2) is 13.9 Å². The van der Waals surface area contributed by atoms with Crippen molar-refractivity contribution < 1.29 is 8.78 Å². The van der Waals surface area contributed by atoms with E-state index in [1.807, 2.05) is 25.1 Å². The molecule has 0 bridgehead atoms. The van der Waals surface area contributed by atoms with Crippen LogP contribution in [0.5, 0.6) is 0 Å². The van der Waals surface area contributed by atoms with Crippen LogP contribution in [0.2, 0.25) is 0 Å². The molecule has 2 N–H and O–H groups in total. The Morgan fingerprint density at radius 2 is 1.71 bits per heavy atom. The van der Waals surface area contributed by atoms with Crippen LogP contribution in [0.4, 0.5) is 14.7 Å². The molecule has 0 amide bonds. The number of nitrogens with zero attached hydrogens (tertiary/aromatic N) is 6. The second kappa shape index (κ2) is 7.28. The molecule has 5 rings (SSSR count). The van der Waals surface area contributed by atoms with E-state index in [2.05, 4.69) is 20.2 Å². The van der Waals surface area contributed by atoms with Crippen molar-refractivity contribution in [1.82, 2.24) is 29.4 Å². The van der Waals surface area contributed by atoms with Gasteiger partial charge in [-0.1, -0.05) is 18.2 Å². The summed E-state index contributed by atoms with van der Waals surface area (Å²) in [6.07, 6.45) is 3.35. The summed E-state index contributed by atoms with van der Waals surface area (Å²) in [5, 5.41) is 8.07. The molecule has 0 fully saturated rings. The summed E-state index contributed by atoms with van der Waals surface area (Å²) in [6.45, 7) is 1.87. The van der Waals surface area contributed by atoms with Crippen molar-refractivity contribution in [3.05, 3.63) is 84.3 Å². The van der Waals surface area contributed by atoms with Crippen LogP contribution < -0.4 is 5.73 Å². The van der Waals surface area contributed by atoms with Crippen molar-refractivity contribution in [1.29, 1.82) is 0 Å². The smallest absolute Gasteiger partial charge is 0.242 e. The average Bonchev–Trinajstić information content (AvgIpc) is 3.35. The Hall–Kier alpha value is -4.14. The Labute approximate surface area is 175 Å². The predicted octanol–water partition coefficient (Wildman–Crippen LogP) is 4.12. The molecule has 0 radical (unpaired) electrons. The molecule has 4 aromatic heterocycles. The third-order valence-electron chi connectivity index (χ3n) is 5.11. The quantitative estimate of drug-likeness (QED) is 0.475. The lowest BCUT2D eigenvalue weighted by atomic mass is 10.1. The number of anilines is 1. The number of aromatic nitrogens is 6. The molecular formula is C22H17F2N7. The van der Waals surface area contributed by atoms with Crippen molar-refractivity contribution >= 4 is 11.6 Å². The molecular weight excluding hydrogens is 400 g/mol. The third kappa shape index (κ3) is 3.50. The van der Waals surface area contributed by atoms with Crippen LogP contribution in [0.15, 0.2) is 67.0 Å². The van der Waals surface area contributed by atoms with E-state index in [4.69, 9.17) is 5.73 Å². The lowest BCUT2D eigenvalue weighted by molar-refractivity contribution is 0.499. The minimum Gasteiger partial charge on any atom is -0.366 e. The first-order chi connectivity index (χ1) is 15.0. The number of hydrogen-bond donors (Lipinski definition) is 1. The van der Waals surface area contributed by atoms with Crippen molar-refractivity contribution in [3.8, 4) is 22.5 Å². The third-order valence-corrected chi connectivity index (χ3v) is 5.11. The number of nitrogen functional groups attached to an aromatic ring is 1. The molecule has 1 atom stereocenters. The van der Waals surface area contributed by atoms with Crippen LogP contribution in [-0.2, 0) is 0 Å². The average molecular weight is 417 g/mol. The van der Waals surface area contributed by atoms with Crippen LogP contribution in [0, 0.1) is 11.8 Å². The monoisotopic (exact) mass is 417 g/mol. The molecule has 0 aliphatic carbocycles. The van der Waals surface area contributed by atoms with E-state index in [9.17, 15) is 8.78 Å². The van der Waals surface area contributed by atoms with E-state index in [0.717, 1.165) is 11.1 Å². The highest BCUT2D eigenvalue weighted by atomic mass is 19.1. The molecule has 0 saturated heterocycles. The second-order valence-corrected chi connectivity index (χ2v) is 7.14. The lowest BCUT2D eigenvalue weighted by Crippen LogP contribution is -2.07. The van der Waals surface area contributed by atoms with Gasteiger partial charge in [0.05, 0.1) is 23.0 Å². The number of hydrogen-bond acceptors (Lipinski definition) is 5. The fourth-order valence-electron chi connectivity index (χ4n) is 3.44. The largest absolute Gasteiger partial charge is 0.366 e. The molecule has 7 nitrogen and oxygen atoms in total. The predicted molar refractivity (Wildman–Crippen MR) is 112 cm³/mol. The maximum Gasteiger partial charge on any atom is 0.242 e. The zero-order valence-electron chi connectivity index (χ0n) is 16.4. The van der Waals surface area contributed by atoms with Crippen molar-refractivity contribution in [2.75, 3.05) is 5.73 Å². The molecule has 0 aliphatic heterocycles. The van der Waals surface area contributed by atoms with E-state index in [1.54, 1.807) is 41.2 Å². The standard InChI is InChI=1S/C22H17F2N7/c1-13(14-5-7-16(23)8-6-14)31-12-17(21(24)28-31)19-4-2-3-18(26-19)15-9-10-30-20(11-15)27-22(25)29-30/h2-13H,1H3,(H2,25,29). The number of rotatable bonds is 4. The molecule has 5 aromatic rings. The van der Waals surface area contributed by atoms with Crippen LogP contribution in [0.25, 0.3) is 28.2 Å². The van der Waals surface area contributed by atoms with Crippen LogP contribution in [-0.4, -0.2) is 29.4 Å². The van der Waals surface area contributed by atoms with E-state index in [-0.39, 0.29) is 23.4 Å². The minimum atomic E-state index is -0.626. The summed E-state index contributed by atoms with van der Waals surface area (Å²) < 4.78 is 31.0. The van der Waals surface area contributed by atoms with E-state index in [0.29, 0.717) is 17.0 Å². The number of halogens is 2. The topological polar surface area (TPSA) is 86.9 Å². The Morgan fingerprint density at radius 3 is 2.52 bits per heavy atom. The molecule has 0 spiro atoms. The van der Waals surface area contributed by atoms with Crippen LogP contribution in [0.3, 0.4) is 0 Å². The van der Waals surface area contributed by atoms with Gasteiger partial charge >= 0.3 is 0 Å². The van der Waals surface area contributed by atoms with Gasteiger partial charge in [0.15, 0.2) is 5.65 Å². The van der Waals surface area contributed by atoms with Gasteiger partial charge < -0.3 is 5.73 Å². The number of pyridine rings is 2. The molecule has 9 heteroatoms. The van der Waals surface area contributed by atoms with Gasteiger partial charge in [-0.05, 0) is 48.9 Å². The molecule has 1 unspecified atom stereocenters. The fraction of sp³-hybridized carbons (Fsp3) is 0.0909. The normalized spacial score (nSPS) is 12.4. The zero-order chi connectivity index (χ0) is 21.5. The molecule has 4 heterocycles. The highest BCUT2D eigenvalue weighted by Gasteiger charge is 2.17. The van der Waals surface area contributed by atoms with Crippen molar-refractivity contribution in [2.24, 2.45) is 0 Å². The fourth-order valence-corrected chi connectivity index (χ4v) is 3.44. The highest BCUT2D eigenvalue weighted by molar-refractivity contribution is 5.68. The number of fused-ring (bicyclic) bond motifs is 1. The van der Waals surface area contributed by atoms with Gasteiger partial charge in [0.25, 0.3) is 0 Å². The van der Waals surface area contributed by atoms with Crippen LogP contribution in [0.1, 0.15) is 18.5 Å². The molecule has 154 valence electrons. The van der Waals surface area contributed by atoms with Gasteiger partial charge in [0.1, 0.15) is 5.82 Å². The molecule has 0 aliphatic rings. The van der Waals surface area contributed by atoms with E-state index >= 15 is 0 Å². The SMILES string of the molecule is CC(c1ccc(F)cc1)n1cc(-c2cccc(-c3ccn4nc(N)nc4c3)n2)c(F)n1. The molecule has 31 heavy (non-hydrogen) atoms. The van der Waals surface area contributed by atoms with Gasteiger partial charge in [-0.15, -0.1) is 10.2 Å². The van der Waals surface area contributed by atoms with Crippen molar-refractivity contribution in [3.63, 3.8) is 0 Å². The summed E-state index contributed by atoms with van der Waals surface area (Å²) in [7, 11) is 0. The Bertz CT molecular complexity index is 1390. The Kier molecular flexibility index (Phi) is 4.43. The first kappa shape index (κ1) is 18.9. The summed E-state index contributed by atoms with van der Waals surface area (Å²) in [6, 6.07) is 14.8. The Morgan fingerprint density at radius 1 is 0.935 bits per heavy atom. The second-order valence-electron chi connectivity index (χ2n) is 7.14. The lowest BCUT2D eigenvalue weighted by Gasteiger charge is -2.12. The summed E-state index contributed by atoms with van der Waals surface area (Å²) in [4.78, 5) is 8.77. The highest BCUT2D eigenvalue weighted by Crippen LogP contribution is 2.27. The maximum atomic E-state index is 14.7. The molecule has 1 aromatic carbocycles. The summed E-state index contributed by atoms with van der Waals surface area (Å²) >= 11 is 0. The zero-order valence-corrected chi connectivity index (χ0v) is 16.4. The van der Waals surface area contributed by atoms with Gasteiger partial charge in [-0.3, -0.25) is 4.68 Å². The number of nitrogens with two attached hydrogens (primary N) is 1. The maximum absolute atomic E-state index is 14.7. The molecule has 0 saturated carbocycles.